The number of carbonyl (C=O) groups is 1. The third-order valence-electron chi connectivity index (χ3n) is 6.09. The van der Waals surface area contributed by atoms with Gasteiger partial charge in [0.05, 0.1) is 18.3 Å². The van der Waals surface area contributed by atoms with Gasteiger partial charge in [-0.05, 0) is 71.6 Å². The summed E-state index contributed by atoms with van der Waals surface area (Å²) in [4.78, 5) is 16.8. The largest absolute Gasteiger partial charge is 0.444 e. The highest BCUT2D eigenvalue weighted by atomic mass is 79.9. The standard InChI is InChI=1S/C24H37BrN2O4/c1-23(2,3)31-22(28)26-12-10-19(11-13-26)27-15-21(24(4,5)29)30-16-20(27)14-17-6-8-18(25)9-7-17/h6-9,19-21,29H,10-16H2,1-5H3/t20-,21+/m0/s1. The van der Waals surface area contributed by atoms with Crippen molar-refractivity contribution in [2.75, 3.05) is 26.2 Å². The molecule has 0 saturated carbocycles. The highest BCUT2D eigenvalue weighted by Crippen LogP contribution is 2.29. The van der Waals surface area contributed by atoms with Crippen molar-refractivity contribution < 1.29 is 19.4 Å². The average molecular weight is 497 g/mol. The lowest BCUT2D eigenvalue weighted by Gasteiger charge is -2.48. The van der Waals surface area contributed by atoms with E-state index in [1.54, 1.807) is 0 Å². The Hall–Kier alpha value is -1.15. The SMILES string of the molecule is CC(C)(C)OC(=O)N1CCC(N2C[C@H](C(C)(C)O)OC[C@@H]2Cc2ccc(Br)cc2)CC1. The highest BCUT2D eigenvalue weighted by molar-refractivity contribution is 9.10. The average Bonchev–Trinajstić information content (AvgIpc) is 2.68. The Morgan fingerprint density at radius 1 is 1.16 bits per heavy atom. The quantitative estimate of drug-likeness (QED) is 0.675. The summed E-state index contributed by atoms with van der Waals surface area (Å²) in [7, 11) is 0. The van der Waals surface area contributed by atoms with Crippen LogP contribution in [0.2, 0.25) is 0 Å². The first-order valence-electron chi connectivity index (χ1n) is 11.2. The molecule has 2 atom stereocenters. The molecule has 174 valence electrons. The zero-order chi connectivity index (χ0) is 22.8. The van der Waals surface area contributed by atoms with Crippen molar-refractivity contribution >= 4 is 22.0 Å². The van der Waals surface area contributed by atoms with Crippen molar-refractivity contribution in [1.82, 2.24) is 9.80 Å². The van der Waals surface area contributed by atoms with E-state index in [2.05, 4.69) is 45.1 Å². The second kappa shape index (κ2) is 9.77. The molecule has 2 aliphatic heterocycles. The first-order chi connectivity index (χ1) is 14.4. The Bertz CT molecular complexity index is 733. The van der Waals surface area contributed by atoms with E-state index in [0.29, 0.717) is 32.3 Å². The fraction of sp³-hybridized carbons (Fsp3) is 0.708. The molecule has 0 spiro atoms. The van der Waals surface area contributed by atoms with Crippen LogP contribution < -0.4 is 0 Å². The van der Waals surface area contributed by atoms with Crippen LogP contribution in [0.3, 0.4) is 0 Å². The van der Waals surface area contributed by atoms with Crippen molar-refractivity contribution in [1.29, 1.82) is 0 Å². The van der Waals surface area contributed by atoms with E-state index < -0.39 is 11.2 Å². The summed E-state index contributed by atoms with van der Waals surface area (Å²) in [5.74, 6) is 0. The van der Waals surface area contributed by atoms with Crippen molar-refractivity contribution in [2.24, 2.45) is 0 Å². The molecule has 31 heavy (non-hydrogen) atoms. The van der Waals surface area contributed by atoms with Gasteiger partial charge < -0.3 is 19.5 Å². The van der Waals surface area contributed by atoms with Gasteiger partial charge in [-0.2, -0.15) is 0 Å². The second-order valence-corrected chi connectivity index (χ2v) is 11.3. The summed E-state index contributed by atoms with van der Waals surface area (Å²) >= 11 is 3.50. The van der Waals surface area contributed by atoms with Crippen LogP contribution in [0, 0.1) is 0 Å². The smallest absolute Gasteiger partial charge is 0.410 e. The number of hydrogen-bond acceptors (Lipinski definition) is 5. The summed E-state index contributed by atoms with van der Waals surface area (Å²) < 4.78 is 12.7. The summed E-state index contributed by atoms with van der Waals surface area (Å²) in [5, 5.41) is 10.6. The molecule has 1 aromatic rings. The van der Waals surface area contributed by atoms with Crippen LogP contribution in [0.25, 0.3) is 0 Å². The Balaban J connectivity index is 1.68. The monoisotopic (exact) mass is 496 g/mol. The third kappa shape index (κ3) is 6.91. The minimum absolute atomic E-state index is 0.224. The second-order valence-electron chi connectivity index (χ2n) is 10.4. The molecule has 2 aliphatic rings. The molecule has 6 nitrogen and oxygen atoms in total. The number of piperidine rings is 1. The summed E-state index contributed by atoms with van der Waals surface area (Å²) in [6.07, 6.45) is 2.24. The van der Waals surface area contributed by atoms with Crippen LogP contribution in [0.15, 0.2) is 28.7 Å². The molecule has 3 rings (SSSR count). The molecule has 7 heteroatoms. The van der Waals surface area contributed by atoms with Gasteiger partial charge >= 0.3 is 6.09 Å². The van der Waals surface area contributed by atoms with Gasteiger partial charge in [-0.1, -0.05) is 28.1 Å². The summed E-state index contributed by atoms with van der Waals surface area (Å²) in [6, 6.07) is 9.04. The summed E-state index contributed by atoms with van der Waals surface area (Å²) in [5.41, 5.74) is -0.0963. The number of hydrogen-bond donors (Lipinski definition) is 1. The normalized spacial score (nSPS) is 24.3. The molecule has 2 saturated heterocycles. The molecule has 1 amide bonds. The van der Waals surface area contributed by atoms with Gasteiger partial charge in [0.15, 0.2) is 0 Å². The number of nitrogens with zero attached hydrogens (tertiary/aromatic N) is 2. The van der Waals surface area contributed by atoms with Crippen LogP contribution in [0.1, 0.15) is 53.0 Å². The Labute approximate surface area is 195 Å². The molecule has 1 aromatic carbocycles. The number of aliphatic hydroxyl groups is 1. The number of benzene rings is 1. The molecule has 1 N–H and O–H groups in total. The van der Waals surface area contributed by atoms with E-state index in [1.807, 2.05) is 39.5 Å². The first kappa shape index (κ1) is 24.5. The van der Waals surface area contributed by atoms with Crippen LogP contribution in [-0.4, -0.2) is 76.6 Å². The number of morpholine rings is 1. The molecule has 0 aliphatic carbocycles. The van der Waals surface area contributed by atoms with Crippen molar-refractivity contribution in [3.63, 3.8) is 0 Å². The minimum atomic E-state index is -0.891. The van der Waals surface area contributed by atoms with E-state index in [0.717, 1.165) is 23.7 Å². The molecule has 2 heterocycles. The lowest BCUT2D eigenvalue weighted by molar-refractivity contribution is -0.155. The Morgan fingerprint density at radius 2 is 1.77 bits per heavy atom. The summed E-state index contributed by atoms with van der Waals surface area (Å²) in [6.45, 7) is 12.0. The fourth-order valence-electron chi connectivity index (χ4n) is 4.37. The molecular weight excluding hydrogens is 460 g/mol. The van der Waals surface area contributed by atoms with Gasteiger partial charge in [0.1, 0.15) is 5.60 Å². The van der Waals surface area contributed by atoms with Crippen LogP contribution in [-0.2, 0) is 15.9 Å². The van der Waals surface area contributed by atoms with Gasteiger partial charge in [0.25, 0.3) is 0 Å². The molecule has 0 bridgehead atoms. The van der Waals surface area contributed by atoms with Crippen molar-refractivity contribution in [2.45, 2.75) is 83.3 Å². The predicted octanol–water partition coefficient (Wildman–Crippen LogP) is 4.23. The van der Waals surface area contributed by atoms with Gasteiger partial charge in [-0.3, -0.25) is 4.90 Å². The van der Waals surface area contributed by atoms with Crippen LogP contribution >= 0.6 is 15.9 Å². The zero-order valence-corrected chi connectivity index (χ0v) is 21.0. The fourth-order valence-corrected chi connectivity index (χ4v) is 4.63. The molecule has 2 fully saturated rings. The third-order valence-corrected chi connectivity index (χ3v) is 6.62. The number of amides is 1. The number of likely N-dealkylation sites (tertiary alicyclic amines) is 1. The lowest BCUT2D eigenvalue weighted by Crippen LogP contribution is -2.61. The van der Waals surface area contributed by atoms with E-state index in [-0.39, 0.29) is 18.2 Å². The minimum Gasteiger partial charge on any atom is -0.444 e. The molecule has 0 aromatic heterocycles. The van der Waals surface area contributed by atoms with Crippen LogP contribution in [0.5, 0.6) is 0 Å². The zero-order valence-electron chi connectivity index (χ0n) is 19.4. The molecule has 0 radical (unpaired) electrons. The first-order valence-corrected chi connectivity index (χ1v) is 12.0. The topological polar surface area (TPSA) is 62.2 Å². The number of rotatable bonds is 4. The van der Waals surface area contributed by atoms with Gasteiger partial charge in [0.2, 0.25) is 0 Å². The lowest BCUT2D eigenvalue weighted by atomic mass is 9.92. The van der Waals surface area contributed by atoms with Crippen molar-refractivity contribution in [3.8, 4) is 0 Å². The van der Waals surface area contributed by atoms with E-state index in [4.69, 9.17) is 9.47 Å². The van der Waals surface area contributed by atoms with Gasteiger partial charge in [-0.25, -0.2) is 4.79 Å². The van der Waals surface area contributed by atoms with Gasteiger partial charge in [-0.15, -0.1) is 0 Å². The highest BCUT2D eigenvalue weighted by Gasteiger charge is 2.40. The number of carbonyl (C=O) groups excluding carboxylic acids is 1. The molecular formula is C24H37BrN2O4. The van der Waals surface area contributed by atoms with Crippen molar-refractivity contribution in [3.05, 3.63) is 34.3 Å². The Morgan fingerprint density at radius 3 is 2.32 bits per heavy atom. The maximum absolute atomic E-state index is 12.4. The van der Waals surface area contributed by atoms with E-state index in [9.17, 15) is 9.90 Å². The predicted molar refractivity (Wildman–Crippen MR) is 125 cm³/mol. The van der Waals surface area contributed by atoms with Gasteiger partial charge in [0, 0.05) is 36.2 Å². The number of ether oxygens (including phenoxy) is 2. The Kier molecular flexibility index (Phi) is 7.72. The maximum Gasteiger partial charge on any atom is 0.410 e. The molecule has 0 unspecified atom stereocenters. The maximum atomic E-state index is 12.4. The van der Waals surface area contributed by atoms with E-state index >= 15 is 0 Å². The van der Waals surface area contributed by atoms with Crippen LogP contribution in [0.4, 0.5) is 4.79 Å². The van der Waals surface area contributed by atoms with E-state index in [1.165, 1.54) is 5.56 Å². The number of halogens is 1.